The lowest BCUT2D eigenvalue weighted by Gasteiger charge is -2.26. The molecular weight excluding hydrogens is 186 g/mol. The van der Waals surface area contributed by atoms with E-state index in [4.69, 9.17) is 0 Å². The maximum atomic E-state index is 11.9. The van der Waals surface area contributed by atoms with E-state index in [1.165, 1.54) is 12.8 Å². The van der Waals surface area contributed by atoms with Crippen LogP contribution in [0.5, 0.6) is 0 Å². The largest absolute Gasteiger partial charge is 0.308 e. The Labute approximate surface area is 93.8 Å². The monoisotopic (exact) mass is 211 g/mol. The normalized spacial score (nSPS) is 28.7. The number of nitrogens with one attached hydrogen (secondary N) is 1. The average Bonchev–Trinajstić information content (AvgIpc) is 2.25. The van der Waals surface area contributed by atoms with E-state index < -0.39 is 0 Å². The molecule has 2 nitrogen and oxygen atoms in total. The number of carbonyl (C=O) groups excluding carboxylic acids is 1. The second-order valence-electron chi connectivity index (χ2n) is 5.13. The molecule has 0 spiro atoms. The first-order valence-corrected chi connectivity index (χ1v) is 6.39. The van der Waals surface area contributed by atoms with Crippen LogP contribution < -0.4 is 5.32 Å². The predicted molar refractivity (Wildman–Crippen MR) is 63.9 cm³/mol. The van der Waals surface area contributed by atoms with Crippen molar-refractivity contribution in [3.63, 3.8) is 0 Å². The fourth-order valence-electron chi connectivity index (χ4n) is 2.29. The van der Waals surface area contributed by atoms with E-state index >= 15 is 0 Å². The summed E-state index contributed by atoms with van der Waals surface area (Å²) in [5, 5.41) is 3.29. The highest BCUT2D eigenvalue weighted by Crippen LogP contribution is 2.28. The number of hydrogen-bond donors (Lipinski definition) is 1. The number of ketones is 1. The summed E-state index contributed by atoms with van der Waals surface area (Å²) in [4.78, 5) is 11.9. The second-order valence-corrected chi connectivity index (χ2v) is 5.13. The third-order valence-electron chi connectivity index (χ3n) is 3.63. The SMILES string of the molecule is CCC(C)NCC(=O)C1CCCC(C)C1. The Kier molecular flexibility index (Phi) is 5.30. The summed E-state index contributed by atoms with van der Waals surface area (Å²) < 4.78 is 0. The van der Waals surface area contributed by atoms with Gasteiger partial charge >= 0.3 is 0 Å². The highest BCUT2D eigenvalue weighted by molar-refractivity contribution is 5.83. The van der Waals surface area contributed by atoms with Crippen molar-refractivity contribution < 1.29 is 4.79 Å². The van der Waals surface area contributed by atoms with Crippen LogP contribution in [0, 0.1) is 11.8 Å². The minimum absolute atomic E-state index is 0.338. The summed E-state index contributed by atoms with van der Waals surface area (Å²) in [6.45, 7) is 7.12. The molecule has 15 heavy (non-hydrogen) atoms. The molecule has 88 valence electrons. The van der Waals surface area contributed by atoms with Crippen LogP contribution in [-0.4, -0.2) is 18.4 Å². The summed E-state index contributed by atoms with van der Waals surface area (Å²) in [6.07, 6.45) is 5.87. The molecule has 1 rings (SSSR count). The van der Waals surface area contributed by atoms with Crippen molar-refractivity contribution in [3.8, 4) is 0 Å². The minimum atomic E-state index is 0.338. The topological polar surface area (TPSA) is 29.1 Å². The van der Waals surface area contributed by atoms with Crippen molar-refractivity contribution in [1.82, 2.24) is 5.32 Å². The van der Waals surface area contributed by atoms with E-state index in [1.54, 1.807) is 0 Å². The number of hydrogen-bond acceptors (Lipinski definition) is 2. The molecule has 3 unspecified atom stereocenters. The fourth-order valence-corrected chi connectivity index (χ4v) is 2.29. The smallest absolute Gasteiger partial charge is 0.149 e. The Hall–Kier alpha value is -0.370. The maximum Gasteiger partial charge on any atom is 0.149 e. The minimum Gasteiger partial charge on any atom is -0.308 e. The van der Waals surface area contributed by atoms with Gasteiger partial charge in [-0.05, 0) is 32.1 Å². The third-order valence-corrected chi connectivity index (χ3v) is 3.63. The highest BCUT2D eigenvalue weighted by Gasteiger charge is 2.24. The summed E-state index contributed by atoms with van der Waals surface area (Å²) in [5.41, 5.74) is 0. The van der Waals surface area contributed by atoms with Gasteiger partial charge in [-0.25, -0.2) is 0 Å². The molecule has 0 aromatic heterocycles. The van der Waals surface area contributed by atoms with E-state index in [0.29, 0.717) is 24.3 Å². The van der Waals surface area contributed by atoms with Gasteiger partial charge in [-0.3, -0.25) is 4.79 Å². The molecule has 1 aliphatic carbocycles. The number of rotatable bonds is 5. The molecule has 3 atom stereocenters. The van der Waals surface area contributed by atoms with Crippen molar-refractivity contribution in [2.24, 2.45) is 11.8 Å². The maximum absolute atomic E-state index is 11.9. The quantitative estimate of drug-likeness (QED) is 0.757. The first-order chi connectivity index (χ1) is 7.13. The van der Waals surface area contributed by atoms with E-state index in [1.807, 2.05) is 0 Å². The Balaban J connectivity index is 2.26. The molecular formula is C13H25NO. The zero-order valence-corrected chi connectivity index (χ0v) is 10.4. The molecule has 0 aromatic rings. The standard InChI is InChI=1S/C13H25NO/c1-4-11(3)14-9-13(15)12-7-5-6-10(2)8-12/h10-12,14H,4-9H2,1-3H3. The zero-order chi connectivity index (χ0) is 11.3. The Morgan fingerprint density at radius 3 is 2.80 bits per heavy atom. The van der Waals surface area contributed by atoms with Crippen LogP contribution in [0.4, 0.5) is 0 Å². The van der Waals surface area contributed by atoms with Gasteiger partial charge in [0.25, 0.3) is 0 Å². The molecule has 2 heteroatoms. The fraction of sp³-hybridized carbons (Fsp3) is 0.923. The Bertz CT molecular complexity index is 203. The van der Waals surface area contributed by atoms with Gasteiger partial charge in [-0.2, -0.15) is 0 Å². The molecule has 0 amide bonds. The Morgan fingerprint density at radius 2 is 2.20 bits per heavy atom. The first kappa shape index (κ1) is 12.7. The second kappa shape index (κ2) is 6.26. The molecule has 0 saturated heterocycles. The van der Waals surface area contributed by atoms with Crippen LogP contribution in [-0.2, 0) is 4.79 Å². The van der Waals surface area contributed by atoms with Crippen LogP contribution in [0.25, 0.3) is 0 Å². The molecule has 0 heterocycles. The van der Waals surface area contributed by atoms with Gasteiger partial charge in [-0.1, -0.05) is 26.7 Å². The van der Waals surface area contributed by atoms with Crippen molar-refractivity contribution in [3.05, 3.63) is 0 Å². The van der Waals surface area contributed by atoms with E-state index in [-0.39, 0.29) is 0 Å². The molecule has 1 N–H and O–H groups in total. The van der Waals surface area contributed by atoms with Crippen LogP contribution in [0.15, 0.2) is 0 Å². The summed E-state index contributed by atoms with van der Waals surface area (Å²) in [5.74, 6) is 1.52. The predicted octanol–water partition coefficient (Wildman–Crippen LogP) is 2.77. The van der Waals surface area contributed by atoms with Crippen molar-refractivity contribution in [2.45, 2.75) is 58.9 Å². The van der Waals surface area contributed by atoms with Crippen molar-refractivity contribution in [2.75, 3.05) is 6.54 Å². The summed E-state index contributed by atoms with van der Waals surface area (Å²) in [6, 6.07) is 0.468. The van der Waals surface area contributed by atoms with E-state index in [9.17, 15) is 4.79 Å². The highest BCUT2D eigenvalue weighted by atomic mass is 16.1. The lowest BCUT2D eigenvalue weighted by atomic mass is 9.80. The van der Waals surface area contributed by atoms with Gasteiger partial charge in [0.05, 0.1) is 6.54 Å². The van der Waals surface area contributed by atoms with Gasteiger partial charge in [0, 0.05) is 12.0 Å². The summed E-state index contributed by atoms with van der Waals surface area (Å²) >= 11 is 0. The van der Waals surface area contributed by atoms with Gasteiger partial charge in [-0.15, -0.1) is 0 Å². The van der Waals surface area contributed by atoms with Crippen LogP contribution in [0.3, 0.4) is 0 Å². The number of Topliss-reactive ketones (excluding diaryl/α,β-unsaturated/α-hetero) is 1. The molecule has 1 aliphatic rings. The molecule has 0 aromatic carbocycles. The molecule has 0 radical (unpaired) electrons. The van der Waals surface area contributed by atoms with Crippen molar-refractivity contribution in [1.29, 1.82) is 0 Å². The molecule has 1 saturated carbocycles. The number of carbonyl (C=O) groups is 1. The van der Waals surface area contributed by atoms with E-state index in [0.717, 1.165) is 25.2 Å². The van der Waals surface area contributed by atoms with Gasteiger partial charge in [0.2, 0.25) is 0 Å². The first-order valence-electron chi connectivity index (χ1n) is 6.39. The van der Waals surface area contributed by atoms with Gasteiger partial charge < -0.3 is 5.32 Å². The summed E-state index contributed by atoms with van der Waals surface area (Å²) in [7, 11) is 0. The van der Waals surface area contributed by atoms with Crippen LogP contribution in [0.2, 0.25) is 0 Å². The third kappa shape index (κ3) is 4.33. The lowest BCUT2D eigenvalue weighted by molar-refractivity contribution is -0.123. The lowest BCUT2D eigenvalue weighted by Crippen LogP contribution is -2.35. The van der Waals surface area contributed by atoms with Crippen LogP contribution >= 0.6 is 0 Å². The average molecular weight is 211 g/mol. The molecule has 0 bridgehead atoms. The molecule has 1 fully saturated rings. The van der Waals surface area contributed by atoms with Crippen LogP contribution in [0.1, 0.15) is 52.9 Å². The molecule has 0 aliphatic heterocycles. The zero-order valence-electron chi connectivity index (χ0n) is 10.4. The van der Waals surface area contributed by atoms with Gasteiger partial charge in [0.15, 0.2) is 0 Å². The van der Waals surface area contributed by atoms with Gasteiger partial charge in [0.1, 0.15) is 5.78 Å². The van der Waals surface area contributed by atoms with E-state index in [2.05, 4.69) is 26.1 Å². The Morgan fingerprint density at radius 1 is 1.47 bits per heavy atom. The van der Waals surface area contributed by atoms with Crippen molar-refractivity contribution >= 4 is 5.78 Å².